The second-order valence-corrected chi connectivity index (χ2v) is 11.0. The van der Waals surface area contributed by atoms with E-state index in [2.05, 4.69) is 11.4 Å². The van der Waals surface area contributed by atoms with Crippen molar-refractivity contribution in [3.8, 4) is 0 Å². The number of anilines is 2. The minimum atomic E-state index is -1.34. The number of Topliss-reactive ketones (excluding diaryl/α,β-unsaturated/α-hetero) is 2. The molecule has 3 aliphatic rings. The Labute approximate surface area is 237 Å². The Hall–Kier alpha value is -4.48. The fourth-order valence-corrected chi connectivity index (χ4v) is 7.08. The average molecular weight is 545 g/mol. The first kappa shape index (κ1) is 24.6. The first-order chi connectivity index (χ1) is 19.4. The van der Waals surface area contributed by atoms with Crippen LogP contribution in [-0.2, 0) is 10.2 Å². The van der Waals surface area contributed by atoms with Crippen molar-refractivity contribution in [3.63, 3.8) is 0 Å². The van der Waals surface area contributed by atoms with Crippen LogP contribution in [0.2, 0.25) is 5.02 Å². The van der Waals surface area contributed by atoms with Gasteiger partial charge in [0.05, 0.1) is 12.0 Å². The van der Waals surface area contributed by atoms with Crippen molar-refractivity contribution in [1.29, 1.82) is 0 Å². The van der Waals surface area contributed by atoms with Gasteiger partial charge in [0.15, 0.2) is 11.6 Å². The average Bonchev–Trinajstić information content (AvgIpc) is 3.45. The molecule has 0 unspecified atom stereocenters. The number of halogens is 1. The highest BCUT2D eigenvalue weighted by Crippen LogP contribution is 2.58. The summed E-state index contributed by atoms with van der Waals surface area (Å²) in [5, 5.41) is 3.57. The van der Waals surface area contributed by atoms with E-state index in [1.165, 1.54) is 0 Å². The Bertz CT molecular complexity index is 1730. The lowest BCUT2D eigenvalue weighted by Gasteiger charge is -2.39. The molecule has 1 fully saturated rings. The first-order valence-corrected chi connectivity index (χ1v) is 13.7. The second kappa shape index (κ2) is 9.04. The zero-order valence-corrected chi connectivity index (χ0v) is 22.4. The molecule has 4 atom stereocenters. The zero-order chi connectivity index (χ0) is 27.6. The van der Waals surface area contributed by atoms with Crippen LogP contribution in [-0.4, -0.2) is 29.6 Å². The van der Waals surface area contributed by atoms with E-state index >= 15 is 0 Å². The third-order valence-corrected chi connectivity index (χ3v) is 8.87. The van der Waals surface area contributed by atoms with Gasteiger partial charge in [-0.2, -0.15) is 0 Å². The van der Waals surface area contributed by atoms with Crippen LogP contribution in [0.1, 0.15) is 38.8 Å². The maximum atomic E-state index is 14.7. The molecule has 0 radical (unpaired) electrons. The summed E-state index contributed by atoms with van der Waals surface area (Å²) in [7, 11) is 0. The number of hydrogen-bond acceptors (Lipinski definition) is 4. The van der Waals surface area contributed by atoms with Crippen LogP contribution in [0.15, 0.2) is 109 Å². The molecule has 0 aliphatic carbocycles. The van der Waals surface area contributed by atoms with Crippen molar-refractivity contribution >= 4 is 46.0 Å². The minimum absolute atomic E-state index is 0.199. The number of rotatable bonds is 4. The van der Waals surface area contributed by atoms with E-state index in [-0.39, 0.29) is 17.5 Å². The number of nitrogens with zero attached hydrogens (tertiary/aromatic N) is 1. The van der Waals surface area contributed by atoms with Gasteiger partial charge in [0, 0.05) is 33.1 Å². The first-order valence-electron chi connectivity index (χ1n) is 13.3. The van der Waals surface area contributed by atoms with Crippen molar-refractivity contribution in [2.75, 3.05) is 10.2 Å². The molecule has 4 aromatic rings. The number of hydrogen-bond donors (Lipinski definition) is 1. The SMILES string of the molecule is CC1=C[C@@H]2N(c3ccccc31)[C@@H](C(=O)c1ccccc1)[C@@H](C(=O)c1ccc(Cl)cc1)[C@@]21C(=O)Nc2ccccc21. The summed E-state index contributed by atoms with van der Waals surface area (Å²) in [6.45, 7) is 2.02. The van der Waals surface area contributed by atoms with Gasteiger partial charge in [-0.05, 0) is 54.5 Å². The number of carbonyl (C=O) groups is 3. The highest BCUT2D eigenvalue weighted by atomic mass is 35.5. The number of amides is 1. The van der Waals surface area contributed by atoms with Crippen LogP contribution in [0.3, 0.4) is 0 Å². The fraction of sp³-hybridized carbons (Fsp3) is 0.147. The molecule has 3 aliphatic heterocycles. The normalized spacial score (nSPS) is 24.1. The molecule has 1 amide bonds. The predicted octanol–water partition coefficient (Wildman–Crippen LogP) is 6.59. The van der Waals surface area contributed by atoms with Crippen LogP contribution >= 0.6 is 11.6 Å². The molecular formula is C34H25ClN2O3. The predicted molar refractivity (Wildman–Crippen MR) is 157 cm³/mol. The van der Waals surface area contributed by atoms with Crippen molar-refractivity contribution in [1.82, 2.24) is 0 Å². The second-order valence-electron chi connectivity index (χ2n) is 10.6. The van der Waals surface area contributed by atoms with Crippen molar-refractivity contribution in [2.45, 2.75) is 24.4 Å². The van der Waals surface area contributed by atoms with E-state index in [4.69, 9.17) is 11.6 Å². The third kappa shape index (κ3) is 3.31. The lowest BCUT2D eigenvalue weighted by atomic mass is 9.64. The van der Waals surface area contributed by atoms with E-state index < -0.39 is 23.4 Å². The van der Waals surface area contributed by atoms with Crippen LogP contribution < -0.4 is 10.2 Å². The maximum Gasteiger partial charge on any atom is 0.238 e. The van der Waals surface area contributed by atoms with E-state index in [9.17, 15) is 14.4 Å². The minimum Gasteiger partial charge on any atom is -0.352 e. The van der Waals surface area contributed by atoms with Crippen LogP contribution in [0.4, 0.5) is 11.4 Å². The Kier molecular flexibility index (Phi) is 5.55. The number of ketones is 2. The molecular weight excluding hydrogens is 520 g/mol. The van der Waals surface area contributed by atoms with Crippen LogP contribution in [0, 0.1) is 5.92 Å². The standard InChI is InChI=1S/C34H25ClN2O3/c1-20-19-28-34(25-12-6-7-13-26(25)36-33(34)40)29(31(38)22-15-17-23(35)18-16-22)30(32(39)21-9-3-2-4-10-21)37(28)27-14-8-5-11-24(20)27/h2-19,28-30H,1H3,(H,36,40)/t28-,29-,30+,34-/m0/s1. The monoisotopic (exact) mass is 544 g/mol. The number of fused-ring (bicyclic) bond motifs is 6. The van der Waals surface area contributed by atoms with Gasteiger partial charge >= 0.3 is 0 Å². The fourth-order valence-electron chi connectivity index (χ4n) is 6.95. The molecule has 0 saturated carbocycles. The third-order valence-electron chi connectivity index (χ3n) is 8.62. The Morgan fingerprint density at radius 1 is 0.800 bits per heavy atom. The molecule has 5 nitrogen and oxygen atoms in total. The molecule has 0 aromatic heterocycles. The van der Waals surface area contributed by atoms with E-state index in [0.717, 1.165) is 22.4 Å². The van der Waals surface area contributed by atoms with Gasteiger partial charge in [0.2, 0.25) is 5.91 Å². The summed E-state index contributed by atoms with van der Waals surface area (Å²) < 4.78 is 0. The molecule has 3 heterocycles. The van der Waals surface area contributed by atoms with Gasteiger partial charge in [0.1, 0.15) is 11.5 Å². The Morgan fingerprint density at radius 2 is 1.45 bits per heavy atom. The number of nitrogens with one attached hydrogen (secondary N) is 1. The molecule has 7 rings (SSSR count). The number of allylic oxidation sites excluding steroid dienone is 1. The highest BCUT2D eigenvalue weighted by molar-refractivity contribution is 6.30. The van der Waals surface area contributed by atoms with E-state index in [1.807, 2.05) is 78.6 Å². The van der Waals surface area contributed by atoms with Gasteiger partial charge in [-0.1, -0.05) is 84.4 Å². The van der Waals surface area contributed by atoms with Gasteiger partial charge in [-0.3, -0.25) is 14.4 Å². The summed E-state index contributed by atoms with van der Waals surface area (Å²) in [5.41, 5.74) is 3.78. The van der Waals surface area contributed by atoms with Gasteiger partial charge in [0.25, 0.3) is 0 Å². The van der Waals surface area contributed by atoms with Crippen molar-refractivity contribution in [3.05, 3.63) is 136 Å². The topological polar surface area (TPSA) is 66.5 Å². The summed E-state index contributed by atoms with van der Waals surface area (Å²) in [5.74, 6) is -1.75. The molecule has 1 N–H and O–H groups in total. The lowest BCUT2D eigenvalue weighted by molar-refractivity contribution is -0.121. The molecule has 196 valence electrons. The zero-order valence-electron chi connectivity index (χ0n) is 21.7. The molecule has 0 bridgehead atoms. The van der Waals surface area contributed by atoms with Crippen molar-refractivity contribution in [2.24, 2.45) is 5.92 Å². The summed E-state index contributed by atoms with van der Waals surface area (Å²) in [4.78, 5) is 45.7. The smallest absolute Gasteiger partial charge is 0.238 e. The van der Waals surface area contributed by atoms with Crippen LogP contribution in [0.5, 0.6) is 0 Å². The molecule has 4 aromatic carbocycles. The summed E-state index contributed by atoms with van der Waals surface area (Å²) in [6.07, 6.45) is 2.06. The maximum absolute atomic E-state index is 14.7. The van der Waals surface area contributed by atoms with Crippen LogP contribution in [0.25, 0.3) is 5.57 Å². The molecule has 40 heavy (non-hydrogen) atoms. The van der Waals surface area contributed by atoms with E-state index in [0.29, 0.717) is 21.8 Å². The highest BCUT2D eigenvalue weighted by Gasteiger charge is 2.70. The van der Waals surface area contributed by atoms with Gasteiger partial charge < -0.3 is 10.2 Å². The van der Waals surface area contributed by atoms with Crippen molar-refractivity contribution < 1.29 is 14.4 Å². The number of benzene rings is 4. The summed E-state index contributed by atoms with van der Waals surface area (Å²) >= 11 is 6.17. The lowest BCUT2D eigenvalue weighted by Crippen LogP contribution is -2.51. The van der Waals surface area contributed by atoms with Gasteiger partial charge in [-0.25, -0.2) is 0 Å². The summed E-state index contributed by atoms with van der Waals surface area (Å²) in [6, 6.07) is 29.6. The Balaban J connectivity index is 1.56. The quantitative estimate of drug-likeness (QED) is 0.294. The van der Waals surface area contributed by atoms with Gasteiger partial charge in [-0.15, -0.1) is 0 Å². The molecule has 6 heteroatoms. The van der Waals surface area contributed by atoms with E-state index in [1.54, 1.807) is 36.4 Å². The Morgan fingerprint density at radius 3 is 2.23 bits per heavy atom. The largest absolute Gasteiger partial charge is 0.352 e. The molecule has 1 saturated heterocycles. The number of para-hydroxylation sites is 2. The number of carbonyl (C=O) groups excluding carboxylic acids is 3. The molecule has 1 spiro atoms.